The molecule has 3 aromatic rings. The molecule has 1 amide bonds. The quantitative estimate of drug-likeness (QED) is 0.467. The summed E-state index contributed by atoms with van der Waals surface area (Å²) in [5, 5.41) is 15.8. The smallest absolute Gasteiger partial charge is 0.235 e. The molecule has 30 heavy (non-hydrogen) atoms. The minimum absolute atomic E-state index is 0.0596. The first-order valence-electron chi connectivity index (χ1n) is 10.3. The number of hydrogen-bond acceptors (Lipinski definition) is 4. The zero-order valence-corrected chi connectivity index (χ0v) is 19.3. The molecule has 0 saturated carbocycles. The molecule has 0 saturated heterocycles. The molecular weight excluding hydrogens is 408 g/mol. The van der Waals surface area contributed by atoms with Crippen molar-refractivity contribution in [2.24, 2.45) is 11.3 Å². The Morgan fingerprint density at radius 2 is 2.00 bits per heavy atom. The van der Waals surface area contributed by atoms with Gasteiger partial charge in [0.15, 0.2) is 0 Å². The fraction of sp³-hybridized carbons (Fsp3) is 0.360. The number of carbonyl (C=O) groups excluding carboxylic acids is 1. The Morgan fingerprint density at radius 1 is 1.23 bits per heavy atom. The van der Waals surface area contributed by atoms with Crippen molar-refractivity contribution in [3.05, 3.63) is 58.5 Å². The molecule has 1 aliphatic carbocycles. The van der Waals surface area contributed by atoms with Crippen LogP contribution in [0.15, 0.2) is 47.4 Å². The van der Waals surface area contributed by atoms with Gasteiger partial charge in [-0.2, -0.15) is 5.26 Å². The molecule has 0 aliphatic heterocycles. The number of thiophene rings is 1. The summed E-state index contributed by atoms with van der Waals surface area (Å²) >= 11 is 3.12. The molecule has 0 spiro atoms. The van der Waals surface area contributed by atoms with Gasteiger partial charge < -0.3 is 5.32 Å². The normalized spacial score (nSPS) is 16.1. The second kappa shape index (κ2) is 8.45. The zero-order valence-electron chi connectivity index (χ0n) is 17.6. The molecule has 0 radical (unpaired) electrons. The Bertz CT molecular complexity index is 1130. The number of nitrogens with one attached hydrogen (secondary N) is 1. The molecule has 1 aliphatic rings. The van der Waals surface area contributed by atoms with E-state index in [2.05, 4.69) is 62.5 Å². The van der Waals surface area contributed by atoms with Crippen molar-refractivity contribution in [3.8, 4) is 6.07 Å². The van der Waals surface area contributed by atoms with Gasteiger partial charge in [0, 0.05) is 9.77 Å². The van der Waals surface area contributed by atoms with Crippen molar-refractivity contribution in [2.45, 2.75) is 44.9 Å². The van der Waals surface area contributed by atoms with E-state index in [0.717, 1.165) is 34.7 Å². The Labute approximate surface area is 186 Å². The van der Waals surface area contributed by atoms with Crippen LogP contribution in [0, 0.1) is 22.7 Å². The van der Waals surface area contributed by atoms with Gasteiger partial charge in [-0.1, -0.05) is 51.1 Å². The lowest BCUT2D eigenvalue weighted by Gasteiger charge is -2.33. The highest BCUT2D eigenvalue weighted by atomic mass is 32.2. The molecule has 2 aromatic carbocycles. The summed E-state index contributed by atoms with van der Waals surface area (Å²) in [7, 11) is 0. The van der Waals surface area contributed by atoms with E-state index >= 15 is 0 Å². The summed E-state index contributed by atoms with van der Waals surface area (Å²) in [5.74, 6) is 0.883. The summed E-state index contributed by atoms with van der Waals surface area (Å²) < 4.78 is 0. The van der Waals surface area contributed by atoms with Crippen LogP contribution in [0.5, 0.6) is 0 Å². The van der Waals surface area contributed by atoms with Gasteiger partial charge >= 0.3 is 0 Å². The maximum Gasteiger partial charge on any atom is 0.235 e. The average Bonchev–Trinajstić information content (AvgIpc) is 3.07. The highest BCUT2D eigenvalue weighted by Crippen LogP contribution is 2.44. The molecule has 1 aromatic heterocycles. The van der Waals surface area contributed by atoms with E-state index in [0.29, 0.717) is 17.2 Å². The number of fused-ring (bicyclic) bond motifs is 2. The van der Waals surface area contributed by atoms with Crippen molar-refractivity contribution in [1.29, 1.82) is 5.26 Å². The summed E-state index contributed by atoms with van der Waals surface area (Å²) in [4.78, 5) is 15.0. The molecule has 0 unspecified atom stereocenters. The molecule has 5 heteroatoms. The van der Waals surface area contributed by atoms with Crippen molar-refractivity contribution in [2.75, 3.05) is 11.1 Å². The van der Waals surface area contributed by atoms with Gasteiger partial charge in [-0.3, -0.25) is 4.79 Å². The Hall–Kier alpha value is -2.29. The van der Waals surface area contributed by atoms with Gasteiger partial charge in [-0.25, -0.2) is 0 Å². The Morgan fingerprint density at radius 3 is 2.73 bits per heavy atom. The van der Waals surface area contributed by atoms with Crippen LogP contribution in [-0.4, -0.2) is 11.7 Å². The third-order valence-electron chi connectivity index (χ3n) is 5.95. The number of amides is 1. The lowest BCUT2D eigenvalue weighted by Crippen LogP contribution is -2.26. The summed E-state index contributed by atoms with van der Waals surface area (Å²) in [6.07, 6.45) is 3.03. The molecule has 3 nitrogen and oxygen atoms in total. The molecule has 0 fully saturated rings. The lowest BCUT2D eigenvalue weighted by atomic mass is 9.72. The third-order valence-corrected chi connectivity index (χ3v) is 8.11. The van der Waals surface area contributed by atoms with Gasteiger partial charge in [0.25, 0.3) is 0 Å². The van der Waals surface area contributed by atoms with E-state index in [1.54, 1.807) is 11.3 Å². The number of nitriles is 1. The number of nitrogens with zero attached hydrogens (tertiary/aromatic N) is 1. The van der Waals surface area contributed by atoms with Crippen molar-refractivity contribution >= 4 is 44.8 Å². The highest BCUT2D eigenvalue weighted by molar-refractivity contribution is 8.00. The fourth-order valence-corrected chi connectivity index (χ4v) is 6.14. The molecule has 1 N–H and O–H groups in total. The molecule has 1 heterocycles. The van der Waals surface area contributed by atoms with Gasteiger partial charge in [0.2, 0.25) is 5.91 Å². The maximum absolute atomic E-state index is 12.6. The minimum Gasteiger partial charge on any atom is -0.316 e. The zero-order chi connectivity index (χ0) is 21.3. The van der Waals surface area contributed by atoms with Crippen LogP contribution in [0.25, 0.3) is 10.8 Å². The average molecular weight is 435 g/mol. The summed E-state index contributed by atoms with van der Waals surface area (Å²) in [6.45, 7) is 6.86. The topological polar surface area (TPSA) is 52.9 Å². The number of rotatable bonds is 4. The van der Waals surface area contributed by atoms with Gasteiger partial charge in [0.05, 0.1) is 11.3 Å². The van der Waals surface area contributed by atoms with Crippen molar-refractivity contribution < 1.29 is 4.79 Å². The van der Waals surface area contributed by atoms with E-state index in [-0.39, 0.29) is 11.3 Å². The van der Waals surface area contributed by atoms with Crippen molar-refractivity contribution in [3.63, 3.8) is 0 Å². The highest BCUT2D eigenvalue weighted by Gasteiger charge is 2.32. The van der Waals surface area contributed by atoms with Crippen molar-refractivity contribution in [1.82, 2.24) is 0 Å². The third kappa shape index (κ3) is 4.40. The molecule has 4 rings (SSSR count). The first kappa shape index (κ1) is 21.0. The number of hydrogen-bond donors (Lipinski definition) is 1. The Balaban J connectivity index is 1.44. The van der Waals surface area contributed by atoms with Crippen LogP contribution in [0.1, 0.15) is 43.2 Å². The van der Waals surface area contributed by atoms with Crippen LogP contribution < -0.4 is 5.32 Å². The predicted molar refractivity (Wildman–Crippen MR) is 127 cm³/mol. The van der Waals surface area contributed by atoms with E-state index < -0.39 is 0 Å². The lowest BCUT2D eigenvalue weighted by molar-refractivity contribution is -0.113. The summed E-state index contributed by atoms with van der Waals surface area (Å²) in [6, 6.07) is 16.8. The number of anilines is 1. The van der Waals surface area contributed by atoms with Gasteiger partial charge in [0.1, 0.15) is 11.1 Å². The second-order valence-electron chi connectivity index (χ2n) is 8.97. The number of thioether (sulfide) groups is 1. The van der Waals surface area contributed by atoms with E-state index in [1.165, 1.54) is 27.4 Å². The van der Waals surface area contributed by atoms with Crippen LogP contribution >= 0.6 is 23.1 Å². The van der Waals surface area contributed by atoms with E-state index in [9.17, 15) is 10.1 Å². The van der Waals surface area contributed by atoms with Crippen LogP contribution in [0.4, 0.5) is 5.00 Å². The first-order chi connectivity index (χ1) is 14.3. The van der Waals surface area contributed by atoms with E-state index in [1.807, 2.05) is 12.1 Å². The predicted octanol–water partition coefficient (Wildman–Crippen LogP) is 6.65. The van der Waals surface area contributed by atoms with Crippen LogP contribution in [0.3, 0.4) is 0 Å². The standard InChI is InChI=1S/C25H26N2OS2/c1-25(2,3)18-9-11-20-21(14-26)24(30-22(20)13-18)27-23(28)15-29-19-10-8-16-6-4-5-7-17(16)12-19/h4-8,10,12,18H,9,11,13,15H2,1-3H3,(H,27,28)/t18-/m1/s1. The number of carbonyl (C=O) groups is 1. The molecule has 0 bridgehead atoms. The van der Waals surface area contributed by atoms with E-state index in [4.69, 9.17) is 0 Å². The van der Waals surface area contributed by atoms with Gasteiger partial charge in [-0.05, 0) is 59.1 Å². The van der Waals surface area contributed by atoms with Gasteiger partial charge in [-0.15, -0.1) is 23.1 Å². The van der Waals surface area contributed by atoms with Crippen LogP contribution in [0.2, 0.25) is 0 Å². The second-order valence-corrected chi connectivity index (χ2v) is 11.1. The van der Waals surface area contributed by atoms with Crippen LogP contribution in [-0.2, 0) is 17.6 Å². The SMILES string of the molecule is CC(C)(C)[C@@H]1CCc2c(sc(NC(=O)CSc3ccc4ccccc4c3)c2C#N)C1. The minimum atomic E-state index is -0.0596. The molecule has 154 valence electrons. The number of benzene rings is 2. The molecule has 1 atom stereocenters. The largest absolute Gasteiger partial charge is 0.316 e. The molecular formula is C25H26N2OS2. The fourth-order valence-electron chi connectivity index (χ4n) is 4.10. The first-order valence-corrected chi connectivity index (χ1v) is 12.1. The maximum atomic E-state index is 12.6. The monoisotopic (exact) mass is 434 g/mol. The summed E-state index contributed by atoms with van der Waals surface area (Å²) in [5.41, 5.74) is 2.08. The Kier molecular flexibility index (Phi) is 5.90.